The van der Waals surface area contributed by atoms with Crippen LogP contribution < -0.4 is 5.73 Å². The van der Waals surface area contributed by atoms with Gasteiger partial charge in [-0.1, -0.05) is 0 Å². The summed E-state index contributed by atoms with van der Waals surface area (Å²) in [5.74, 6) is 0.292. The highest BCUT2D eigenvalue weighted by atomic mass is 15.3. The van der Waals surface area contributed by atoms with Gasteiger partial charge in [-0.15, -0.1) is 0 Å². The van der Waals surface area contributed by atoms with Gasteiger partial charge in [0.15, 0.2) is 5.82 Å². The molecule has 1 heterocycles. The number of nitrogen functional groups attached to an aromatic ring is 1. The lowest BCUT2D eigenvalue weighted by Gasteiger charge is -1.79. The molecule has 0 aromatic carbocycles. The third-order valence-corrected chi connectivity index (χ3v) is 0.978. The highest BCUT2D eigenvalue weighted by molar-refractivity contribution is 5.46. The molecule has 4 heteroatoms. The Labute approximate surface area is 52.5 Å². The van der Waals surface area contributed by atoms with Gasteiger partial charge in [0.25, 0.3) is 0 Å². The Bertz CT molecular complexity index is 254. The number of rotatable bonds is 0. The number of hydrogen-bond acceptors (Lipinski definition) is 3. The van der Waals surface area contributed by atoms with E-state index >= 15 is 0 Å². The minimum absolute atomic E-state index is 0.292. The van der Waals surface area contributed by atoms with E-state index in [9.17, 15) is 0 Å². The molecule has 0 unspecified atom stereocenters. The zero-order valence-electron chi connectivity index (χ0n) is 5.00. The quantitative estimate of drug-likeness (QED) is 0.521. The molecule has 0 aliphatic rings. The average Bonchev–Trinajstić information content (AvgIpc) is 2.10. The van der Waals surface area contributed by atoms with Crippen LogP contribution in [0.15, 0.2) is 6.20 Å². The molecule has 0 amide bonds. The van der Waals surface area contributed by atoms with Gasteiger partial charge in [-0.2, -0.15) is 10.4 Å². The van der Waals surface area contributed by atoms with Crippen molar-refractivity contribution in [2.75, 3.05) is 5.73 Å². The molecular formula is C5H6N4. The van der Waals surface area contributed by atoms with E-state index in [0.29, 0.717) is 11.4 Å². The zero-order valence-corrected chi connectivity index (χ0v) is 5.00. The first-order valence-electron chi connectivity index (χ1n) is 2.43. The predicted octanol–water partition coefficient (Wildman–Crippen LogP) is -0.126. The van der Waals surface area contributed by atoms with Crippen molar-refractivity contribution in [3.05, 3.63) is 11.8 Å². The van der Waals surface area contributed by atoms with Crippen LogP contribution in [0.25, 0.3) is 0 Å². The topological polar surface area (TPSA) is 67.6 Å². The summed E-state index contributed by atoms with van der Waals surface area (Å²) in [4.78, 5) is 0. The minimum atomic E-state index is 0.292. The van der Waals surface area contributed by atoms with Gasteiger partial charge in [0.05, 0.1) is 0 Å². The Morgan fingerprint density at radius 3 is 2.78 bits per heavy atom. The summed E-state index contributed by atoms with van der Waals surface area (Å²) < 4.78 is 1.51. The number of nitrogens with two attached hydrogens (primary N) is 1. The molecule has 0 bridgehead atoms. The van der Waals surface area contributed by atoms with Crippen molar-refractivity contribution in [3.8, 4) is 6.07 Å². The number of nitrogens with zero attached hydrogens (tertiary/aromatic N) is 3. The van der Waals surface area contributed by atoms with E-state index in [1.807, 2.05) is 6.07 Å². The normalized spacial score (nSPS) is 8.89. The predicted molar refractivity (Wildman–Crippen MR) is 32.3 cm³/mol. The molecule has 1 rings (SSSR count). The first-order chi connectivity index (χ1) is 4.24. The molecule has 2 N–H and O–H groups in total. The van der Waals surface area contributed by atoms with Gasteiger partial charge in [-0.25, -0.2) is 0 Å². The highest BCUT2D eigenvalue weighted by Gasteiger charge is 1.99. The van der Waals surface area contributed by atoms with Crippen LogP contribution in [0.2, 0.25) is 0 Å². The lowest BCUT2D eigenvalue weighted by Crippen LogP contribution is -1.90. The molecule has 4 nitrogen and oxygen atoms in total. The van der Waals surface area contributed by atoms with Crippen LogP contribution in [-0.4, -0.2) is 9.78 Å². The third kappa shape index (κ3) is 0.842. The summed E-state index contributed by atoms with van der Waals surface area (Å²) in [5.41, 5.74) is 5.73. The highest BCUT2D eigenvalue weighted by Crippen LogP contribution is 2.03. The molecule has 46 valence electrons. The molecule has 0 fully saturated rings. The molecule has 0 saturated carbocycles. The Balaban J connectivity index is 3.20. The molecule has 0 spiro atoms. The molecule has 9 heavy (non-hydrogen) atoms. The largest absolute Gasteiger partial charge is 0.381 e. The van der Waals surface area contributed by atoms with Gasteiger partial charge >= 0.3 is 0 Å². The lowest BCUT2D eigenvalue weighted by molar-refractivity contribution is 0.772. The van der Waals surface area contributed by atoms with Gasteiger partial charge in [0.1, 0.15) is 11.6 Å². The van der Waals surface area contributed by atoms with Gasteiger partial charge < -0.3 is 5.73 Å². The number of aryl methyl sites for hydroxylation is 1. The maximum atomic E-state index is 8.35. The van der Waals surface area contributed by atoms with Crippen molar-refractivity contribution in [2.45, 2.75) is 0 Å². The van der Waals surface area contributed by atoms with E-state index in [1.54, 1.807) is 13.2 Å². The fourth-order valence-corrected chi connectivity index (χ4v) is 0.592. The second kappa shape index (κ2) is 1.78. The molecule has 0 atom stereocenters. The van der Waals surface area contributed by atoms with Crippen LogP contribution in [0.1, 0.15) is 5.56 Å². The van der Waals surface area contributed by atoms with Crippen molar-refractivity contribution in [1.82, 2.24) is 9.78 Å². The van der Waals surface area contributed by atoms with Crippen molar-refractivity contribution >= 4 is 5.82 Å². The maximum absolute atomic E-state index is 8.35. The Morgan fingerprint density at radius 2 is 2.56 bits per heavy atom. The number of anilines is 1. The fourth-order valence-electron chi connectivity index (χ4n) is 0.592. The molecule has 0 aliphatic carbocycles. The minimum Gasteiger partial charge on any atom is -0.381 e. The van der Waals surface area contributed by atoms with E-state index in [0.717, 1.165) is 0 Å². The van der Waals surface area contributed by atoms with Crippen LogP contribution in [0.4, 0.5) is 5.82 Å². The van der Waals surface area contributed by atoms with Gasteiger partial charge in [0, 0.05) is 13.2 Å². The van der Waals surface area contributed by atoms with Crippen LogP contribution in [0, 0.1) is 11.3 Å². The molecular weight excluding hydrogens is 116 g/mol. The van der Waals surface area contributed by atoms with Crippen molar-refractivity contribution < 1.29 is 0 Å². The smallest absolute Gasteiger partial charge is 0.163 e. The Morgan fingerprint density at radius 1 is 1.89 bits per heavy atom. The molecule has 1 aromatic rings. The van der Waals surface area contributed by atoms with Gasteiger partial charge in [0.2, 0.25) is 0 Å². The van der Waals surface area contributed by atoms with E-state index < -0.39 is 0 Å². The summed E-state index contributed by atoms with van der Waals surface area (Å²) in [7, 11) is 1.72. The summed E-state index contributed by atoms with van der Waals surface area (Å²) >= 11 is 0. The van der Waals surface area contributed by atoms with Crippen molar-refractivity contribution in [3.63, 3.8) is 0 Å². The number of aromatic nitrogens is 2. The van der Waals surface area contributed by atoms with E-state index in [1.165, 1.54) is 4.68 Å². The molecule has 0 aliphatic heterocycles. The van der Waals surface area contributed by atoms with Crippen LogP contribution in [0.5, 0.6) is 0 Å². The van der Waals surface area contributed by atoms with Crippen LogP contribution in [0.3, 0.4) is 0 Å². The van der Waals surface area contributed by atoms with Crippen LogP contribution >= 0.6 is 0 Å². The SMILES string of the molecule is Cn1cc(C#N)c(N)n1. The molecule has 1 aromatic heterocycles. The summed E-state index contributed by atoms with van der Waals surface area (Å²) in [6, 6.07) is 1.91. The summed E-state index contributed by atoms with van der Waals surface area (Å²) in [6.07, 6.45) is 1.58. The third-order valence-electron chi connectivity index (χ3n) is 0.978. The first-order valence-corrected chi connectivity index (χ1v) is 2.43. The molecule has 0 saturated heterocycles. The van der Waals surface area contributed by atoms with E-state index in [4.69, 9.17) is 11.0 Å². The van der Waals surface area contributed by atoms with Gasteiger partial charge in [-0.05, 0) is 0 Å². The van der Waals surface area contributed by atoms with Crippen molar-refractivity contribution in [1.29, 1.82) is 5.26 Å². The first kappa shape index (κ1) is 5.63. The molecule has 0 radical (unpaired) electrons. The average molecular weight is 122 g/mol. The second-order valence-corrected chi connectivity index (χ2v) is 1.71. The zero-order chi connectivity index (χ0) is 6.85. The monoisotopic (exact) mass is 122 g/mol. The van der Waals surface area contributed by atoms with E-state index in [2.05, 4.69) is 5.10 Å². The maximum Gasteiger partial charge on any atom is 0.163 e. The number of hydrogen-bond donors (Lipinski definition) is 1. The number of nitriles is 1. The Hall–Kier alpha value is -1.50. The van der Waals surface area contributed by atoms with Crippen LogP contribution in [-0.2, 0) is 7.05 Å². The standard InChI is InChI=1S/C5H6N4/c1-9-3-4(2-6)5(7)8-9/h3H,1H3,(H2,7,8). The second-order valence-electron chi connectivity index (χ2n) is 1.71. The Kier molecular flexibility index (Phi) is 1.12. The van der Waals surface area contributed by atoms with E-state index in [-0.39, 0.29) is 0 Å². The van der Waals surface area contributed by atoms with Crippen molar-refractivity contribution in [2.24, 2.45) is 7.05 Å². The summed E-state index contributed by atoms with van der Waals surface area (Å²) in [6.45, 7) is 0. The fraction of sp³-hybridized carbons (Fsp3) is 0.200. The van der Waals surface area contributed by atoms with Gasteiger partial charge in [-0.3, -0.25) is 4.68 Å². The summed E-state index contributed by atoms with van der Waals surface area (Å²) in [5, 5.41) is 12.1. The lowest BCUT2D eigenvalue weighted by atomic mass is 10.4.